The molecule has 3 amide bonds. The van der Waals surface area contributed by atoms with Gasteiger partial charge in [0.15, 0.2) is 0 Å². The predicted octanol–water partition coefficient (Wildman–Crippen LogP) is 0.489. The lowest BCUT2D eigenvalue weighted by molar-refractivity contribution is -0.140. The van der Waals surface area contributed by atoms with Gasteiger partial charge in [0, 0.05) is 6.54 Å². The minimum Gasteiger partial charge on any atom is -0.361 e. The van der Waals surface area contributed by atoms with Crippen LogP contribution in [-0.2, 0) is 9.53 Å². The summed E-state index contributed by atoms with van der Waals surface area (Å²) in [7, 11) is 0. The van der Waals surface area contributed by atoms with Crippen LogP contribution in [0, 0.1) is 0 Å². The van der Waals surface area contributed by atoms with E-state index in [9.17, 15) is 14.4 Å². The Morgan fingerprint density at radius 1 is 1.15 bits per heavy atom. The van der Waals surface area contributed by atoms with Crippen molar-refractivity contribution in [2.75, 3.05) is 26.4 Å². The number of nitrogens with zero attached hydrogens (tertiary/aromatic N) is 2. The molecule has 1 fully saturated rings. The van der Waals surface area contributed by atoms with Gasteiger partial charge < -0.3 is 9.64 Å². The van der Waals surface area contributed by atoms with Gasteiger partial charge in [0.1, 0.15) is 13.3 Å². The number of ether oxygens (including phenoxy) is 1. The maximum absolute atomic E-state index is 12.1. The molecule has 0 atom stereocenters. The minimum absolute atomic E-state index is 0.224. The highest BCUT2D eigenvalue weighted by Crippen LogP contribution is 2.22. The van der Waals surface area contributed by atoms with Crippen LogP contribution in [0.15, 0.2) is 24.3 Å². The molecule has 0 aromatic heterocycles. The largest absolute Gasteiger partial charge is 0.361 e. The molecule has 2 aliphatic heterocycles. The molecule has 6 nitrogen and oxygen atoms in total. The zero-order chi connectivity index (χ0) is 14.1. The second-order valence-electron chi connectivity index (χ2n) is 4.79. The highest BCUT2D eigenvalue weighted by molar-refractivity contribution is 6.22. The molecule has 0 saturated carbocycles. The maximum Gasteiger partial charge on any atom is 0.262 e. The van der Waals surface area contributed by atoms with E-state index in [1.165, 1.54) is 4.90 Å². The van der Waals surface area contributed by atoms with E-state index in [2.05, 4.69) is 0 Å². The fraction of sp³-hybridized carbons (Fsp3) is 0.357. The van der Waals surface area contributed by atoms with E-state index in [-0.39, 0.29) is 19.2 Å². The molecular weight excluding hydrogens is 260 g/mol. The summed E-state index contributed by atoms with van der Waals surface area (Å²) < 4.78 is 5.20. The molecule has 0 spiro atoms. The van der Waals surface area contributed by atoms with Crippen molar-refractivity contribution >= 4 is 17.7 Å². The van der Waals surface area contributed by atoms with Gasteiger partial charge >= 0.3 is 0 Å². The molecule has 0 radical (unpaired) electrons. The number of amides is 3. The van der Waals surface area contributed by atoms with Crippen molar-refractivity contribution in [1.82, 2.24) is 9.80 Å². The molecule has 104 valence electrons. The quantitative estimate of drug-likeness (QED) is 0.736. The first-order valence-electron chi connectivity index (χ1n) is 6.49. The maximum atomic E-state index is 12.1. The Bertz CT molecular complexity index is 543. The van der Waals surface area contributed by atoms with E-state index in [1.807, 2.05) is 0 Å². The van der Waals surface area contributed by atoms with E-state index in [0.717, 1.165) is 11.3 Å². The zero-order valence-corrected chi connectivity index (χ0v) is 10.9. The lowest BCUT2D eigenvalue weighted by atomic mass is 10.1. The van der Waals surface area contributed by atoms with Gasteiger partial charge in [-0.2, -0.15) is 0 Å². The third kappa shape index (κ3) is 2.08. The van der Waals surface area contributed by atoms with Crippen LogP contribution in [0.25, 0.3) is 0 Å². The number of hydrogen-bond donors (Lipinski definition) is 0. The molecule has 20 heavy (non-hydrogen) atoms. The number of imide groups is 1. The average molecular weight is 274 g/mol. The zero-order valence-electron chi connectivity index (χ0n) is 10.9. The van der Waals surface area contributed by atoms with Crippen LogP contribution < -0.4 is 0 Å². The van der Waals surface area contributed by atoms with Crippen molar-refractivity contribution in [3.05, 3.63) is 35.4 Å². The number of fused-ring (bicyclic) bond motifs is 1. The molecular formula is C14H14N2O4. The van der Waals surface area contributed by atoms with Gasteiger partial charge in [-0.05, 0) is 18.6 Å². The number of carbonyl (C=O) groups is 3. The highest BCUT2D eigenvalue weighted by atomic mass is 16.5. The van der Waals surface area contributed by atoms with Gasteiger partial charge in [0.05, 0.1) is 17.7 Å². The van der Waals surface area contributed by atoms with Gasteiger partial charge in [0.25, 0.3) is 11.8 Å². The Balaban J connectivity index is 1.74. The standard InChI is InChI=1S/C14H14N2O4/c17-12(15-6-3-7-20-9-15)8-16-13(18)10-4-1-2-5-11(10)14(16)19/h1-2,4-5H,3,6-9H2. The Morgan fingerprint density at radius 2 is 1.80 bits per heavy atom. The Hall–Kier alpha value is -2.21. The molecule has 0 unspecified atom stereocenters. The Morgan fingerprint density at radius 3 is 2.35 bits per heavy atom. The van der Waals surface area contributed by atoms with Crippen molar-refractivity contribution in [1.29, 1.82) is 0 Å². The smallest absolute Gasteiger partial charge is 0.262 e. The lowest BCUT2D eigenvalue weighted by Gasteiger charge is -2.28. The monoisotopic (exact) mass is 274 g/mol. The van der Waals surface area contributed by atoms with Crippen LogP contribution in [0.5, 0.6) is 0 Å². The van der Waals surface area contributed by atoms with Gasteiger partial charge in [0.2, 0.25) is 5.91 Å². The van der Waals surface area contributed by atoms with Crippen LogP contribution in [0.1, 0.15) is 27.1 Å². The number of hydrogen-bond acceptors (Lipinski definition) is 4. The summed E-state index contributed by atoms with van der Waals surface area (Å²) in [6, 6.07) is 6.61. The third-order valence-corrected chi connectivity index (χ3v) is 3.49. The first kappa shape index (κ1) is 12.8. The van der Waals surface area contributed by atoms with E-state index in [0.29, 0.717) is 24.3 Å². The fourth-order valence-corrected chi connectivity index (χ4v) is 2.41. The summed E-state index contributed by atoms with van der Waals surface area (Å²) in [5.74, 6) is -1.08. The van der Waals surface area contributed by atoms with Crippen molar-refractivity contribution in [2.45, 2.75) is 6.42 Å². The Kier molecular flexibility index (Phi) is 3.23. The molecule has 1 aromatic rings. The van der Waals surface area contributed by atoms with Crippen LogP contribution >= 0.6 is 0 Å². The summed E-state index contributed by atoms with van der Waals surface area (Å²) in [6.45, 7) is 1.23. The summed E-state index contributed by atoms with van der Waals surface area (Å²) in [6.07, 6.45) is 0.772. The molecule has 3 rings (SSSR count). The number of carbonyl (C=O) groups excluding carboxylic acids is 3. The van der Waals surface area contributed by atoms with E-state index >= 15 is 0 Å². The molecule has 0 bridgehead atoms. The van der Waals surface area contributed by atoms with Crippen LogP contribution in [0.2, 0.25) is 0 Å². The summed E-state index contributed by atoms with van der Waals surface area (Å²) in [5, 5.41) is 0. The summed E-state index contributed by atoms with van der Waals surface area (Å²) in [5.41, 5.74) is 0.723. The van der Waals surface area contributed by atoms with E-state index in [1.54, 1.807) is 24.3 Å². The first-order chi connectivity index (χ1) is 9.68. The topological polar surface area (TPSA) is 66.9 Å². The van der Waals surface area contributed by atoms with Gasteiger partial charge in [-0.25, -0.2) is 0 Å². The van der Waals surface area contributed by atoms with Gasteiger partial charge in [-0.1, -0.05) is 12.1 Å². The highest BCUT2D eigenvalue weighted by Gasteiger charge is 2.37. The fourth-order valence-electron chi connectivity index (χ4n) is 2.41. The predicted molar refractivity (Wildman–Crippen MR) is 69.0 cm³/mol. The van der Waals surface area contributed by atoms with E-state index < -0.39 is 11.8 Å². The van der Waals surface area contributed by atoms with Crippen LogP contribution in [-0.4, -0.2) is 53.9 Å². The minimum atomic E-state index is -0.406. The van der Waals surface area contributed by atoms with Gasteiger partial charge in [-0.15, -0.1) is 0 Å². The molecule has 0 N–H and O–H groups in total. The molecule has 1 saturated heterocycles. The van der Waals surface area contributed by atoms with Gasteiger partial charge in [-0.3, -0.25) is 19.3 Å². The van der Waals surface area contributed by atoms with Crippen molar-refractivity contribution < 1.29 is 19.1 Å². The summed E-state index contributed by atoms with van der Waals surface area (Å²) in [4.78, 5) is 38.9. The third-order valence-electron chi connectivity index (χ3n) is 3.49. The normalized spacial score (nSPS) is 18.4. The summed E-state index contributed by atoms with van der Waals surface area (Å²) >= 11 is 0. The Labute approximate surface area is 115 Å². The second-order valence-corrected chi connectivity index (χ2v) is 4.79. The van der Waals surface area contributed by atoms with Crippen molar-refractivity contribution in [3.8, 4) is 0 Å². The second kappa shape index (κ2) is 5.05. The van der Waals surface area contributed by atoms with Crippen molar-refractivity contribution in [2.24, 2.45) is 0 Å². The first-order valence-corrected chi connectivity index (χ1v) is 6.49. The molecule has 0 aliphatic carbocycles. The van der Waals surface area contributed by atoms with Crippen LogP contribution in [0.4, 0.5) is 0 Å². The van der Waals surface area contributed by atoms with Crippen LogP contribution in [0.3, 0.4) is 0 Å². The molecule has 6 heteroatoms. The lowest BCUT2D eigenvalue weighted by Crippen LogP contribution is -2.45. The SMILES string of the molecule is O=C(CN1C(=O)c2ccccc2C1=O)N1CCCOC1. The number of rotatable bonds is 2. The number of benzene rings is 1. The van der Waals surface area contributed by atoms with Crippen molar-refractivity contribution in [3.63, 3.8) is 0 Å². The molecule has 2 heterocycles. The molecule has 2 aliphatic rings. The average Bonchev–Trinajstić information content (AvgIpc) is 2.74. The molecule has 1 aromatic carbocycles. The van der Waals surface area contributed by atoms with E-state index in [4.69, 9.17) is 4.74 Å².